The standard InChI is InChI=1S/C17H18Br2/c1-10-8-11(2)16(12(3)9-10)17(19)14-6-5-7-15(18)13(14)4/h5-9,17H,1-4H3. The van der Waals surface area contributed by atoms with E-state index in [9.17, 15) is 0 Å². The average molecular weight is 382 g/mol. The second kappa shape index (κ2) is 5.80. The smallest absolute Gasteiger partial charge is 0.0652 e. The van der Waals surface area contributed by atoms with E-state index in [2.05, 4.69) is 89.9 Å². The lowest BCUT2D eigenvalue weighted by molar-refractivity contribution is 1.08. The van der Waals surface area contributed by atoms with Gasteiger partial charge < -0.3 is 0 Å². The Morgan fingerprint density at radius 2 is 1.53 bits per heavy atom. The number of rotatable bonds is 2. The first-order valence-corrected chi connectivity index (χ1v) is 8.09. The molecule has 0 aliphatic carbocycles. The molecule has 0 fully saturated rings. The quantitative estimate of drug-likeness (QED) is 0.546. The van der Waals surface area contributed by atoms with Gasteiger partial charge in [0.2, 0.25) is 0 Å². The van der Waals surface area contributed by atoms with E-state index in [1.54, 1.807) is 0 Å². The van der Waals surface area contributed by atoms with Crippen molar-refractivity contribution in [3.05, 3.63) is 68.2 Å². The maximum Gasteiger partial charge on any atom is 0.0652 e. The van der Waals surface area contributed by atoms with Gasteiger partial charge in [-0.3, -0.25) is 0 Å². The molecule has 1 atom stereocenters. The molecule has 0 heterocycles. The van der Waals surface area contributed by atoms with Crippen LogP contribution in [0.5, 0.6) is 0 Å². The highest BCUT2D eigenvalue weighted by atomic mass is 79.9. The number of hydrogen-bond acceptors (Lipinski definition) is 0. The molecule has 0 N–H and O–H groups in total. The lowest BCUT2D eigenvalue weighted by Gasteiger charge is -2.19. The summed E-state index contributed by atoms with van der Waals surface area (Å²) in [4.78, 5) is 0.241. The first-order chi connectivity index (χ1) is 8.91. The summed E-state index contributed by atoms with van der Waals surface area (Å²) in [5.41, 5.74) is 8.02. The van der Waals surface area contributed by atoms with Gasteiger partial charge in [0.1, 0.15) is 0 Å². The Labute approximate surface area is 132 Å². The monoisotopic (exact) mass is 380 g/mol. The summed E-state index contributed by atoms with van der Waals surface area (Å²) in [6.45, 7) is 8.69. The summed E-state index contributed by atoms with van der Waals surface area (Å²) in [7, 11) is 0. The van der Waals surface area contributed by atoms with Crippen molar-refractivity contribution in [2.45, 2.75) is 32.5 Å². The van der Waals surface area contributed by atoms with Crippen LogP contribution < -0.4 is 0 Å². The molecule has 0 radical (unpaired) electrons. The van der Waals surface area contributed by atoms with Gasteiger partial charge in [0, 0.05) is 4.47 Å². The largest absolute Gasteiger partial charge is 0.0786 e. The van der Waals surface area contributed by atoms with Crippen molar-refractivity contribution in [2.24, 2.45) is 0 Å². The normalized spacial score (nSPS) is 12.5. The minimum absolute atomic E-state index is 0.241. The van der Waals surface area contributed by atoms with Gasteiger partial charge in [-0.2, -0.15) is 0 Å². The van der Waals surface area contributed by atoms with E-state index in [-0.39, 0.29) is 4.83 Å². The molecule has 0 aromatic heterocycles. The van der Waals surface area contributed by atoms with Gasteiger partial charge in [-0.25, -0.2) is 0 Å². The summed E-state index contributed by atoms with van der Waals surface area (Å²) in [5, 5.41) is 0. The molecule has 2 rings (SSSR count). The third-order valence-electron chi connectivity index (χ3n) is 3.57. The van der Waals surface area contributed by atoms with Crippen molar-refractivity contribution in [3.63, 3.8) is 0 Å². The summed E-state index contributed by atoms with van der Waals surface area (Å²) < 4.78 is 1.16. The minimum atomic E-state index is 0.241. The molecular formula is C17H18Br2. The van der Waals surface area contributed by atoms with E-state index in [1.807, 2.05) is 0 Å². The molecule has 2 heteroatoms. The molecule has 0 saturated heterocycles. The summed E-state index contributed by atoms with van der Waals surface area (Å²) in [6.07, 6.45) is 0. The van der Waals surface area contributed by atoms with Crippen LogP contribution in [0.3, 0.4) is 0 Å². The van der Waals surface area contributed by atoms with E-state index in [1.165, 1.54) is 33.4 Å². The zero-order valence-corrected chi connectivity index (χ0v) is 14.9. The molecule has 19 heavy (non-hydrogen) atoms. The van der Waals surface area contributed by atoms with Crippen LogP contribution in [-0.4, -0.2) is 0 Å². The molecule has 100 valence electrons. The van der Waals surface area contributed by atoms with Crippen molar-refractivity contribution in [1.82, 2.24) is 0 Å². The summed E-state index contributed by atoms with van der Waals surface area (Å²) in [6, 6.07) is 10.9. The number of hydrogen-bond donors (Lipinski definition) is 0. The van der Waals surface area contributed by atoms with Gasteiger partial charge in [-0.05, 0) is 61.6 Å². The van der Waals surface area contributed by atoms with Crippen molar-refractivity contribution in [1.29, 1.82) is 0 Å². The van der Waals surface area contributed by atoms with Gasteiger partial charge in [-0.15, -0.1) is 0 Å². The zero-order valence-electron chi connectivity index (χ0n) is 11.7. The highest BCUT2D eigenvalue weighted by Gasteiger charge is 2.18. The van der Waals surface area contributed by atoms with E-state index in [4.69, 9.17) is 0 Å². The molecule has 2 aromatic carbocycles. The summed E-state index contributed by atoms with van der Waals surface area (Å²) >= 11 is 7.50. The molecule has 0 bridgehead atoms. The van der Waals surface area contributed by atoms with Gasteiger partial charge >= 0.3 is 0 Å². The third-order valence-corrected chi connectivity index (χ3v) is 5.38. The van der Waals surface area contributed by atoms with E-state index in [0.29, 0.717) is 0 Å². The molecule has 2 aromatic rings. The molecule has 0 nitrogen and oxygen atoms in total. The van der Waals surface area contributed by atoms with E-state index < -0.39 is 0 Å². The Bertz CT molecular complexity index is 592. The lowest BCUT2D eigenvalue weighted by atomic mass is 9.92. The Morgan fingerprint density at radius 1 is 0.947 bits per heavy atom. The molecule has 0 amide bonds. The van der Waals surface area contributed by atoms with Crippen LogP contribution in [0.4, 0.5) is 0 Å². The minimum Gasteiger partial charge on any atom is -0.0786 e. The van der Waals surface area contributed by atoms with Gasteiger partial charge in [0.15, 0.2) is 0 Å². The first kappa shape index (κ1) is 14.8. The van der Waals surface area contributed by atoms with Crippen LogP contribution in [-0.2, 0) is 0 Å². The lowest BCUT2D eigenvalue weighted by Crippen LogP contribution is -2.02. The molecular weight excluding hydrogens is 364 g/mol. The van der Waals surface area contributed by atoms with Crippen molar-refractivity contribution in [2.75, 3.05) is 0 Å². The van der Waals surface area contributed by atoms with Crippen molar-refractivity contribution < 1.29 is 0 Å². The highest BCUT2D eigenvalue weighted by molar-refractivity contribution is 9.10. The number of benzene rings is 2. The van der Waals surface area contributed by atoms with Crippen LogP contribution in [0.25, 0.3) is 0 Å². The predicted octanol–water partition coefficient (Wildman–Crippen LogP) is 6.17. The highest BCUT2D eigenvalue weighted by Crippen LogP contribution is 2.38. The first-order valence-electron chi connectivity index (χ1n) is 6.38. The van der Waals surface area contributed by atoms with Gasteiger partial charge in [0.05, 0.1) is 4.83 Å². The SMILES string of the molecule is Cc1cc(C)c(C(Br)c2cccc(Br)c2C)c(C)c1. The summed E-state index contributed by atoms with van der Waals surface area (Å²) in [5.74, 6) is 0. The molecule has 0 saturated carbocycles. The number of alkyl halides is 1. The fourth-order valence-electron chi connectivity index (χ4n) is 2.65. The fourth-order valence-corrected chi connectivity index (χ4v) is 4.24. The number of halogens is 2. The fraction of sp³-hybridized carbons (Fsp3) is 0.294. The third kappa shape index (κ3) is 2.95. The van der Waals surface area contributed by atoms with E-state index >= 15 is 0 Å². The maximum atomic E-state index is 3.88. The van der Waals surface area contributed by atoms with Gasteiger partial charge in [-0.1, -0.05) is 61.7 Å². The van der Waals surface area contributed by atoms with Crippen LogP contribution >= 0.6 is 31.9 Å². The number of aryl methyl sites for hydroxylation is 3. The van der Waals surface area contributed by atoms with Crippen LogP contribution in [0, 0.1) is 27.7 Å². The van der Waals surface area contributed by atoms with Crippen LogP contribution in [0.15, 0.2) is 34.8 Å². The molecule has 0 aliphatic heterocycles. The molecule has 0 aliphatic rings. The second-order valence-electron chi connectivity index (χ2n) is 5.13. The molecule has 1 unspecified atom stereocenters. The second-order valence-corrected chi connectivity index (χ2v) is 6.90. The molecule has 0 spiro atoms. The van der Waals surface area contributed by atoms with Crippen LogP contribution in [0.2, 0.25) is 0 Å². The Morgan fingerprint density at radius 3 is 2.11 bits per heavy atom. The topological polar surface area (TPSA) is 0 Å². The van der Waals surface area contributed by atoms with Crippen molar-refractivity contribution >= 4 is 31.9 Å². The Hall–Kier alpha value is -0.600. The van der Waals surface area contributed by atoms with Crippen LogP contribution in [0.1, 0.15) is 38.2 Å². The van der Waals surface area contributed by atoms with Gasteiger partial charge in [0.25, 0.3) is 0 Å². The Balaban J connectivity index is 2.56. The maximum absolute atomic E-state index is 3.88. The zero-order chi connectivity index (χ0) is 14.2. The van der Waals surface area contributed by atoms with Crippen molar-refractivity contribution in [3.8, 4) is 0 Å². The average Bonchev–Trinajstić information content (AvgIpc) is 2.31. The van der Waals surface area contributed by atoms with E-state index in [0.717, 1.165) is 4.47 Å². The predicted molar refractivity (Wildman–Crippen MR) is 90.3 cm³/mol. The Kier molecular flexibility index (Phi) is 4.52.